The van der Waals surface area contributed by atoms with E-state index in [1.165, 1.54) is 16.1 Å². The average molecular weight is 412 g/mol. The molecule has 1 aromatic carbocycles. The Hall–Kier alpha value is -1.64. The minimum atomic E-state index is -3.12. The van der Waals surface area contributed by atoms with Crippen molar-refractivity contribution in [1.29, 1.82) is 0 Å². The summed E-state index contributed by atoms with van der Waals surface area (Å²) in [4.78, 5) is 6.58. The summed E-state index contributed by atoms with van der Waals surface area (Å²) >= 11 is 0. The van der Waals surface area contributed by atoms with E-state index in [0.717, 1.165) is 31.9 Å². The lowest BCUT2D eigenvalue weighted by atomic mass is 10.1. The Morgan fingerprint density at radius 1 is 1.18 bits per heavy atom. The van der Waals surface area contributed by atoms with E-state index in [-0.39, 0.29) is 0 Å². The summed E-state index contributed by atoms with van der Waals surface area (Å²) in [6, 6.07) is 10.9. The van der Waals surface area contributed by atoms with Crippen LogP contribution in [0.15, 0.2) is 35.3 Å². The number of guanidine groups is 1. The molecule has 0 bridgehead atoms. The first-order valence-corrected chi connectivity index (χ1v) is 11.8. The van der Waals surface area contributed by atoms with Crippen LogP contribution in [0, 0.1) is 0 Å². The summed E-state index contributed by atoms with van der Waals surface area (Å²) in [5.41, 5.74) is 1.32. The second-order valence-corrected chi connectivity index (χ2v) is 9.05. The lowest BCUT2D eigenvalue weighted by Crippen LogP contribution is -2.41. The second kappa shape index (κ2) is 12.7. The van der Waals surface area contributed by atoms with Crippen molar-refractivity contribution in [2.45, 2.75) is 39.3 Å². The van der Waals surface area contributed by atoms with Crippen molar-refractivity contribution < 1.29 is 8.42 Å². The van der Waals surface area contributed by atoms with E-state index >= 15 is 0 Å². The van der Waals surface area contributed by atoms with E-state index in [0.29, 0.717) is 25.7 Å². The van der Waals surface area contributed by atoms with Gasteiger partial charge in [-0.25, -0.2) is 12.7 Å². The molecule has 8 heteroatoms. The number of benzene rings is 1. The molecule has 28 heavy (non-hydrogen) atoms. The maximum atomic E-state index is 11.6. The highest BCUT2D eigenvalue weighted by Crippen LogP contribution is 2.07. The van der Waals surface area contributed by atoms with E-state index < -0.39 is 10.0 Å². The fourth-order valence-electron chi connectivity index (χ4n) is 2.89. The molecule has 0 heterocycles. The van der Waals surface area contributed by atoms with Gasteiger partial charge in [0.2, 0.25) is 10.0 Å². The number of aliphatic imine (C=N–C) groups is 1. The molecule has 1 rings (SSSR count). The zero-order valence-electron chi connectivity index (χ0n) is 18.0. The first-order chi connectivity index (χ1) is 13.3. The van der Waals surface area contributed by atoms with Crippen molar-refractivity contribution in [2.24, 2.45) is 4.99 Å². The highest BCUT2D eigenvalue weighted by Gasteiger charge is 2.13. The summed E-state index contributed by atoms with van der Waals surface area (Å²) in [5.74, 6) is 0.750. The third kappa shape index (κ3) is 9.52. The first-order valence-electron chi connectivity index (χ1n) is 9.91. The van der Waals surface area contributed by atoms with Crippen LogP contribution in [0.5, 0.6) is 0 Å². The SMILES string of the molecule is CCN(CCCNC(=NC)NCCC(C)N(C)Cc1ccccc1)S(C)(=O)=O. The van der Waals surface area contributed by atoms with Gasteiger partial charge >= 0.3 is 0 Å². The molecule has 1 unspecified atom stereocenters. The molecular formula is C20H37N5O2S. The highest BCUT2D eigenvalue weighted by molar-refractivity contribution is 7.88. The van der Waals surface area contributed by atoms with Crippen LogP contribution in [0.2, 0.25) is 0 Å². The predicted octanol–water partition coefficient (Wildman–Crippen LogP) is 1.73. The number of hydrogen-bond acceptors (Lipinski definition) is 4. The minimum absolute atomic E-state index is 0.443. The molecule has 0 aromatic heterocycles. The zero-order chi connectivity index (χ0) is 21.0. The van der Waals surface area contributed by atoms with Crippen LogP contribution in [-0.4, -0.2) is 76.2 Å². The summed E-state index contributed by atoms with van der Waals surface area (Å²) in [5, 5.41) is 6.58. The molecule has 2 N–H and O–H groups in total. The standard InChI is InChI=1S/C20H37N5O2S/c1-6-25(28(5,26)27)16-10-14-22-20(21-3)23-15-13-18(2)24(4)17-19-11-8-7-9-12-19/h7-9,11-12,18H,6,10,13-17H2,1-5H3,(H2,21,22,23). The van der Waals surface area contributed by atoms with Crippen molar-refractivity contribution in [1.82, 2.24) is 19.8 Å². The molecule has 0 fully saturated rings. The van der Waals surface area contributed by atoms with Crippen LogP contribution in [-0.2, 0) is 16.6 Å². The van der Waals surface area contributed by atoms with Gasteiger partial charge < -0.3 is 10.6 Å². The summed E-state index contributed by atoms with van der Waals surface area (Å²) in [7, 11) is 0.769. The Bertz CT molecular complexity index is 679. The van der Waals surface area contributed by atoms with Crippen LogP contribution in [0.1, 0.15) is 32.3 Å². The van der Waals surface area contributed by atoms with Crippen molar-refractivity contribution in [3.63, 3.8) is 0 Å². The van der Waals surface area contributed by atoms with Crippen molar-refractivity contribution in [2.75, 3.05) is 46.5 Å². The van der Waals surface area contributed by atoms with Crippen molar-refractivity contribution in [3.8, 4) is 0 Å². The van der Waals surface area contributed by atoms with Gasteiger partial charge in [-0.3, -0.25) is 9.89 Å². The Balaban J connectivity index is 2.26. The van der Waals surface area contributed by atoms with Gasteiger partial charge in [-0.2, -0.15) is 0 Å². The predicted molar refractivity (Wildman–Crippen MR) is 118 cm³/mol. The topological polar surface area (TPSA) is 77.0 Å². The van der Waals surface area contributed by atoms with Gasteiger partial charge in [-0.15, -0.1) is 0 Å². The van der Waals surface area contributed by atoms with Gasteiger partial charge in [0.05, 0.1) is 6.26 Å². The van der Waals surface area contributed by atoms with Gasteiger partial charge in [0.25, 0.3) is 0 Å². The van der Waals surface area contributed by atoms with Gasteiger partial charge in [0, 0.05) is 45.8 Å². The number of hydrogen-bond donors (Lipinski definition) is 2. The van der Waals surface area contributed by atoms with Crippen LogP contribution < -0.4 is 10.6 Å². The van der Waals surface area contributed by atoms with Crippen LogP contribution >= 0.6 is 0 Å². The molecule has 0 aliphatic rings. The van der Waals surface area contributed by atoms with Crippen LogP contribution in [0.4, 0.5) is 0 Å². The maximum absolute atomic E-state index is 11.6. The fourth-order valence-corrected chi connectivity index (χ4v) is 3.82. The third-order valence-corrected chi connectivity index (χ3v) is 6.18. The Kier molecular flexibility index (Phi) is 11.1. The highest BCUT2D eigenvalue weighted by atomic mass is 32.2. The molecule has 0 aliphatic carbocycles. The average Bonchev–Trinajstić information content (AvgIpc) is 2.66. The van der Waals surface area contributed by atoms with E-state index in [1.807, 2.05) is 13.0 Å². The third-order valence-electron chi connectivity index (χ3n) is 4.80. The van der Waals surface area contributed by atoms with Gasteiger partial charge in [0.15, 0.2) is 5.96 Å². The number of sulfonamides is 1. The number of nitrogens with zero attached hydrogens (tertiary/aromatic N) is 3. The van der Waals surface area contributed by atoms with Crippen molar-refractivity contribution >= 4 is 16.0 Å². The number of nitrogens with one attached hydrogen (secondary N) is 2. The molecule has 0 spiro atoms. The van der Waals surface area contributed by atoms with Crippen LogP contribution in [0.3, 0.4) is 0 Å². The van der Waals surface area contributed by atoms with E-state index in [1.54, 1.807) is 7.05 Å². The van der Waals surface area contributed by atoms with Gasteiger partial charge in [-0.05, 0) is 32.4 Å². The second-order valence-electron chi connectivity index (χ2n) is 7.07. The summed E-state index contributed by atoms with van der Waals surface area (Å²) in [6.45, 7) is 7.53. The smallest absolute Gasteiger partial charge is 0.211 e. The fraction of sp³-hybridized carbons (Fsp3) is 0.650. The normalized spacial score (nSPS) is 13.8. The van der Waals surface area contributed by atoms with Crippen LogP contribution in [0.25, 0.3) is 0 Å². The van der Waals surface area contributed by atoms with Gasteiger partial charge in [-0.1, -0.05) is 37.3 Å². The van der Waals surface area contributed by atoms with Gasteiger partial charge in [0.1, 0.15) is 0 Å². The quantitative estimate of drug-likeness (QED) is 0.311. The molecule has 1 atom stereocenters. The largest absolute Gasteiger partial charge is 0.356 e. The molecule has 0 saturated carbocycles. The Morgan fingerprint density at radius 3 is 2.39 bits per heavy atom. The monoisotopic (exact) mass is 411 g/mol. The first kappa shape index (κ1) is 24.4. The molecule has 0 saturated heterocycles. The number of rotatable bonds is 12. The Labute approximate surface area is 171 Å². The molecule has 0 radical (unpaired) electrons. The molecular weight excluding hydrogens is 374 g/mol. The molecule has 7 nitrogen and oxygen atoms in total. The lowest BCUT2D eigenvalue weighted by Gasteiger charge is -2.25. The molecule has 0 aliphatic heterocycles. The van der Waals surface area contributed by atoms with E-state index in [2.05, 4.69) is 58.8 Å². The Morgan fingerprint density at radius 2 is 1.82 bits per heavy atom. The molecule has 160 valence electrons. The van der Waals surface area contributed by atoms with E-state index in [4.69, 9.17) is 0 Å². The molecule has 1 aromatic rings. The lowest BCUT2D eigenvalue weighted by molar-refractivity contribution is 0.238. The van der Waals surface area contributed by atoms with E-state index in [9.17, 15) is 8.42 Å². The zero-order valence-corrected chi connectivity index (χ0v) is 18.8. The minimum Gasteiger partial charge on any atom is -0.356 e. The maximum Gasteiger partial charge on any atom is 0.211 e. The molecule has 0 amide bonds. The van der Waals surface area contributed by atoms with Crippen molar-refractivity contribution in [3.05, 3.63) is 35.9 Å². The summed E-state index contributed by atoms with van der Waals surface area (Å²) < 4.78 is 24.7. The summed E-state index contributed by atoms with van der Waals surface area (Å²) in [6.07, 6.45) is 2.99.